The molecular formula is C9H10ClN3. The summed E-state index contributed by atoms with van der Waals surface area (Å²) in [6.45, 7) is 2.02. The van der Waals surface area contributed by atoms with Gasteiger partial charge in [0.15, 0.2) is 5.65 Å². The van der Waals surface area contributed by atoms with Gasteiger partial charge in [-0.15, -0.1) is 11.6 Å². The minimum atomic E-state index is 0.423. The summed E-state index contributed by atoms with van der Waals surface area (Å²) in [6, 6.07) is 1.95. The summed E-state index contributed by atoms with van der Waals surface area (Å²) in [5.41, 5.74) is 2.98. The molecule has 0 fully saturated rings. The molecule has 4 heteroatoms. The van der Waals surface area contributed by atoms with Crippen molar-refractivity contribution in [2.45, 2.75) is 12.8 Å². The third-order valence-electron chi connectivity index (χ3n) is 2.17. The Bertz CT molecular complexity index is 447. The Morgan fingerprint density at radius 2 is 2.31 bits per heavy atom. The lowest BCUT2D eigenvalue weighted by Gasteiger charge is -1.96. The fourth-order valence-corrected chi connectivity index (χ4v) is 1.60. The molecule has 0 N–H and O–H groups in total. The monoisotopic (exact) mass is 195 g/mol. The van der Waals surface area contributed by atoms with E-state index in [4.69, 9.17) is 11.6 Å². The van der Waals surface area contributed by atoms with E-state index in [1.54, 1.807) is 6.20 Å². The topological polar surface area (TPSA) is 30.7 Å². The molecule has 0 bridgehead atoms. The van der Waals surface area contributed by atoms with Crippen LogP contribution in [0, 0.1) is 6.92 Å². The first-order valence-electron chi connectivity index (χ1n) is 4.07. The number of pyridine rings is 1. The summed E-state index contributed by atoms with van der Waals surface area (Å²) in [6.07, 6.45) is 1.79. The van der Waals surface area contributed by atoms with E-state index in [0.29, 0.717) is 5.88 Å². The van der Waals surface area contributed by atoms with Gasteiger partial charge in [-0.2, -0.15) is 0 Å². The standard InChI is InChI=1S/C9H10ClN3/c1-6-3-4-11-9-8(6)12-7(5-10)13(9)2/h3-4H,5H2,1-2H3. The highest BCUT2D eigenvalue weighted by Crippen LogP contribution is 2.16. The van der Waals surface area contributed by atoms with Gasteiger partial charge in [-0.1, -0.05) is 0 Å². The zero-order valence-electron chi connectivity index (χ0n) is 7.58. The summed E-state index contributed by atoms with van der Waals surface area (Å²) in [7, 11) is 1.93. The minimum absolute atomic E-state index is 0.423. The zero-order valence-corrected chi connectivity index (χ0v) is 8.34. The van der Waals surface area contributed by atoms with Crippen LogP contribution in [0.25, 0.3) is 11.2 Å². The maximum Gasteiger partial charge on any atom is 0.160 e. The van der Waals surface area contributed by atoms with Crippen molar-refractivity contribution in [3.05, 3.63) is 23.7 Å². The lowest BCUT2D eigenvalue weighted by atomic mass is 10.3. The number of nitrogens with zero attached hydrogens (tertiary/aromatic N) is 3. The summed E-state index contributed by atoms with van der Waals surface area (Å²) in [5.74, 6) is 1.28. The molecule has 0 saturated carbocycles. The van der Waals surface area contributed by atoms with Gasteiger partial charge in [0.2, 0.25) is 0 Å². The maximum absolute atomic E-state index is 5.74. The SMILES string of the molecule is Cc1ccnc2c1nc(CCl)n2C. The number of halogens is 1. The molecule has 0 aliphatic carbocycles. The van der Waals surface area contributed by atoms with Crippen LogP contribution in [0.3, 0.4) is 0 Å². The molecular weight excluding hydrogens is 186 g/mol. The quantitative estimate of drug-likeness (QED) is 0.652. The van der Waals surface area contributed by atoms with Gasteiger partial charge in [0.25, 0.3) is 0 Å². The van der Waals surface area contributed by atoms with E-state index in [1.807, 2.05) is 24.6 Å². The van der Waals surface area contributed by atoms with Gasteiger partial charge in [0.05, 0.1) is 5.88 Å². The lowest BCUT2D eigenvalue weighted by Crippen LogP contribution is -1.94. The minimum Gasteiger partial charge on any atom is -0.315 e. The summed E-state index contributed by atoms with van der Waals surface area (Å²) in [4.78, 5) is 8.65. The predicted molar refractivity (Wildman–Crippen MR) is 52.8 cm³/mol. The first-order valence-corrected chi connectivity index (χ1v) is 4.60. The number of fused-ring (bicyclic) bond motifs is 1. The van der Waals surface area contributed by atoms with Gasteiger partial charge >= 0.3 is 0 Å². The van der Waals surface area contributed by atoms with E-state index in [-0.39, 0.29) is 0 Å². The molecule has 3 nitrogen and oxygen atoms in total. The number of hydrogen-bond donors (Lipinski definition) is 0. The van der Waals surface area contributed by atoms with E-state index in [9.17, 15) is 0 Å². The van der Waals surface area contributed by atoms with Gasteiger partial charge in [0.1, 0.15) is 11.3 Å². The van der Waals surface area contributed by atoms with E-state index in [1.165, 1.54) is 0 Å². The van der Waals surface area contributed by atoms with Crippen molar-refractivity contribution < 1.29 is 0 Å². The normalized spacial score (nSPS) is 11.0. The highest BCUT2D eigenvalue weighted by molar-refractivity contribution is 6.16. The van der Waals surface area contributed by atoms with E-state index >= 15 is 0 Å². The molecule has 2 aromatic rings. The predicted octanol–water partition coefficient (Wildman–Crippen LogP) is 2.02. The van der Waals surface area contributed by atoms with Crippen LogP contribution in [-0.4, -0.2) is 14.5 Å². The molecule has 68 valence electrons. The zero-order chi connectivity index (χ0) is 9.42. The Hall–Kier alpha value is -1.09. The molecule has 0 saturated heterocycles. The van der Waals surface area contributed by atoms with E-state index in [0.717, 1.165) is 22.6 Å². The Balaban J connectivity index is 2.83. The van der Waals surface area contributed by atoms with Crippen LogP contribution in [0.4, 0.5) is 0 Å². The molecule has 2 aromatic heterocycles. The van der Waals surface area contributed by atoms with Crippen LogP contribution >= 0.6 is 11.6 Å². The summed E-state index contributed by atoms with van der Waals surface area (Å²) in [5, 5.41) is 0. The molecule has 0 aliphatic rings. The number of alkyl halides is 1. The van der Waals surface area contributed by atoms with Crippen molar-refractivity contribution >= 4 is 22.8 Å². The van der Waals surface area contributed by atoms with Gasteiger partial charge in [-0.3, -0.25) is 0 Å². The molecule has 0 spiro atoms. The third-order valence-corrected chi connectivity index (χ3v) is 2.41. The van der Waals surface area contributed by atoms with Gasteiger partial charge in [0, 0.05) is 13.2 Å². The highest BCUT2D eigenvalue weighted by Gasteiger charge is 2.08. The van der Waals surface area contributed by atoms with Crippen LogP contribution in [0.2, 0.25) is 0 Å². The fourth-order valence-electron chi connectivity index (χ4n) is 1.37. The smallest absolute Gasteiger partial charge is 0.160 e. The molecule has 0 aromatic carbocycles. The number of hydrogen-bond acceptors (Lipinski definition) is 2. The first kappa shape index (κ1) is 8.51. The molecule has 0 radical (unpaired) electrons. The molecule has 2 rings (SSSR count). The van der Waals surface area contributed by atoms with Crippen LogP contribution < -0.4 is 0 Å². The van der Waals surface area contributed by atoms with Crippen LogP contribution in [0.5, 0.6) is 0 Å². The van der Waals surface area contributed by atoms with Crippen LogP contribution in [0.15, 0.2) is 12.3 Å². The molecule has 2 heterocycles. The van der Waals surface area contributed by atoms with Gasteiger partial charge < -0.3 is 4.57 Å². The number of aromatic nitrogens is 3. The first-order chi connectivity index (χ1) is 6.24. The number of aryl methyl sites for hydroxylation is 2. The van der Waals surface area contributed by atoms with Crippen molar-refractivity contribution in [3.63, 3.8) is 0 Å². The largest absolute Gasteiger partial charge is 0.315 e. The van der Waals surface area contributed by atoms with E-state index in [2.05, 4.69) is 9.97 Å². The second kappa shape index (κ2) is 3.00. The Morgan fingerprint density at radius 1 is 1.54 bits per heavy atom. The van der Waals surface area contributed by atoms with Gasteiger partial charge in [-0.25, -0.2) is 9.97 Å². The molecule has 0 atom stereocenters. The van der Waals surface area contributed by atoms with Crippen LogP contribution in [-0.2, 0) is 12.9 Å². The second-order valence-electron chi connectivity index (χ2n) is 3.02. The van der Waals surface area contributed by atoms with Crippen LogP contribution in [0.1, 0.15) is 11.4 Å². The summed E-state index contributed by atoms with van der Waals surface area (Å²) >= 11 is 5.74. The third kappa shape index (κ3) is 1.20. The van der Waals surface area contributed by atoms with Crippen molar-refractivity contribution in [3.8, 4) is 0 Å². The lowest BCUT2D eigenvalue weighted by molar-refractivity contribution is 0.863. The average molecular weight is 196 g/mol. The maximum atomic E-state index is 5.74. The molecule has 0 aliphatic heterocycles. The molecule has 13 heavy (non-hydrogen) atoms. The second-order valence-corrected chi connectivity index (χ2v) is 3.29. The van der Waals surface area contributed by atoms with Crippen molar-refractivity contribution in [1.29, 1.82) is 0 Å². The number of rotatable bonds is 1. The van der Waals surface area contributed by atoms with E-state index < -0.39 is 0 Å². The van der Waals surface area contributed by atoms with Crippen molar-refractivity contribution in [1.82, 2.24) is 14.5 Å². The van der Waals surface area contributed by atoms with Crippen molar-refractivity contribution in [2.75, 3.05) is 0 Å². The average Bonchev–Trinajstić information content (AvgIpc) is 2.45. The Kier molecular flexibility index (Phi) is 1.96. The Morgan fingerprint density at radius 3 is 2.92 bits per heavy atom. The highest BCUT2D eigenvalue weighted by atomic mass is 35.5. The van der Waals surface area contributed by atoms with Crippen molar-refractivity contribution in [2.24, 2.45) is 7.05 Å². The number of imidazole rings is 1. The molecule has 0 unspecified atom stereocenters. The molecule has 0 amide bonds. The fraction of sp³-hybridized carbons (Fsp3) is 0.333. The summed E-state index contributed by atoms with van der Waals surface area (Å²) < 4.78 is 1.93. The van der Waals surface area contributed by atoms with Gasteiger partial charge in [-0.05, 0) is 18.6 Å². The Labute approximate surface area is 81.4 Å².